The van der Waals surface area contributed by atoms with Crippen molar-refractivity contribution in [3.63, 3.8) is 0 Å². The smallest absolute Gasteiger partial charge is 0.272 e. The van der Waals surface area contributed by atoms with Crippen LogP contribution < -0.4 is 16.0 Å². The molecular weight excluding hydrogens is 689 g/mol. The second-order valence-corrected chi connectivity index (χ2v) is 14.0. The van der Waals surface area contributed by atoms with Crippen molar-refractivity contribution >= 4 is 67.9 Å². The molecule has 0 bridgehead atoms. The summed E-state index contributed by atoms with van der Waals surface area (Å²) in [5.74, 6) is -0.126. The number of aryl methyl sites for hydroxylation is 1. The van der Waals surface area contributed by atoms with Crippen LogP contribution in [0.5, 0.6) is 0 Å². The van der Waals surface area contributed by atoms with Crippen LogP contribution >= 0.6 is 23.1 Å². The molecule has 52 heavy (non-hydrogen) atoms. The Morgan fingerprint density at radius 2 is 1.44 bits per heavy atom. The molecule has 0 radical (unpaired) electrons. The molecule has 7 rings (SSSR count). The molecule has 10 heteroatoms. The van der Waals surface area contributed by atoms with E-state index in [1.807, 2.05) is 110 Å². The molecule has 0 aliphatic rings. The van der Waals surface area contributed by atoms with Gasteiger partial charge < -0.3 is 20.4 Å². The van der Waals surface area contributed by atoms with Gasteiger partial charge in [0, 0.05) is 27.8 Å². The summed E-state index contributed by atoms with van der Waals surface area (Å²) in [6, 6.07) is 44.7. The molecule has 0 unspecified atom stereocenters. The molecule has 256 valence electrons. The van der Waals surface area contributed by atoms with E-state index in [0.29, 0.717) is 27.9 Å². The van der Waals surface area contributed by atoms with Crippen LogP contribution in [0.2, 0.25) is 0 Å². The first-order chi connectivity index (χ1) is 25.4. The molecule has 0 saturated carbocycles. The second-order valence-electron chi connectivity index (χ2n) is 11.8. The van der Waals surface area contributed by atoms with Crippen LogP contribution in [0.25, 0.3) is 27.6 Å². The zero-order chi connectivity index (χ0) is 35.9. The highest BCUT2D eigenvalue weighted by Gasteiger charge is 2.24. The second kappa shape index (κ2) is 15.8. The highest BCUT2D eigenvalue weighted by Crippen LogP contribution is 2.37. The Balaban J connectivity index is 1.08. The van der Waals surface area contributed by atoms with Crippen LogP contribution in [0, 0.1) is 6.92 Å². The van der Waals surface area contributed by atoms with Gasteiger partial charge in [-0.3, -0.25) is 14.4 Å². The molecule has 2 aromatic heterocycles. The lowest BCUT2D eigenvalue weighted by Gasteiger charge is -2.16. The van der Waals surface area contributed by atoms with Gasteiger partial charge in [0.15, 0.2) is 5.13 Å². The van der Waals surface area contributed by atoms with Crippen LogP contribution in [0.3, 0.4) is 0 Å². The third-order valence-electron chi connectivity index (χ3n) is 8.01. The number of hydrogen-bond donors (Lipinski definition) is 3. The fourth-order valence-electron chi connectivity index (χ4n) is 5.34. The van der Waals surface area contributed by atoms with Crippen LogP contribution in [-0.4, -0.2) is 22.7 Å². The standard InChI is InChI=1S/C42H32N4O4S2/c1-27-16-18-28(19-17-27)36-25-22-32(50-36)26-35(44-39(47)30-12-6-3-7-13-30)40(48)43-31-20-23-33(24-21-31)51-38(29-10-4-2-5-11-29)41(49)46-42-45-34-14-8-9-15-37(34)52-42/h2-26,38H,1H3,(H,43,48)(H,44,47)(H,45,46,49)/b35-26-/t38-/m0/s1. The lowest BCUT2D eigenvalue weighted by molar-refractivity contribution is -0.116. The van der Waals surface area contributed by atoms with Crippen molar-refractivity contribution in [2.75, 3.05) is 10.6 Å². The van der Waals surface area contributed by atoms with E-state index in [1.54, 1.807) is 42.5 Å². The Kier molecular flexibility index (Phi) is 10.4. The average Bonchev–Trinajstić information content (AvgIpc) is 3.82. The molecule has 0 saturated heterocycles. The number of nitrogens with zero attached hydrogens (tertiary/aromatic N) is 1. The number of para-hydroxylation sites is 1. The number of fused-ring (bicyclic) bond motifs is 1. The van der Waals surface area contributed by atoms with Crippen LogP contribution in [0.1, 0.15) is 32.5 Å². The first-order valence-electron chi connectivity index (χ1n) is 16.4. The van der Waals surface area contributed by atoms with E-state index in [1.165, 1.54) is 29.2 Å². The van der Waals surface area contributed by atoms with Crippen molar-refractivity contribution < 1.29 is 18.8 Å². The van der Waals surface area contributed by atoms with Crippen LogP contribution in [0.4, 0.5) is 10.8 Å². The van der Waals surface area contributed by atoms with Crippen molar-refractivity contribution in [1.82, 2.24) is 10.3 Å². The van der Waals surface area contributed by atoms with E-state index in [2.05, 4.69) is 20.9 Å². The quantitative estimate of drug-likeness (QED) is 0.0906. The number of carbonyl (C=O) groups excluding carboxylic acids is 3. The third-order valence-corrected chi connectivity index (χ3v) is 10.2. The lowest BCUT2D eigenvalue weighted by Crippen LogP contribution is -2.30. The largest absolute Gasteiger partial charge is 0.457 e. The number of aromatic nitrogens is 1. The zero-order valence-electron chi connectivity index (χ0n) is 27.9. The minimum Gasteiger partial charge on any atom is -0.457 e. The molecule has 7 aromatic rings. The monoisotopic (exact) mass is 720 g/mol. The zero-order valence-corrected chi connectivity index (χ0v) is 29.5. The van der Waals surface area contributed by atoms with E-state index >= 15 is 0 Å². The van der Waals surface area contributed by atoms with E-state index in [0.717, 1.165) is 31.8 Å². The van der Waals surface area contributed by atoms with Gasteiger partial charge in [-0.05, 0) is 73.2 Å². The summed E-state index contributed by atoms with van der Waals surface area (Å²) in [7, 11) is 0. The Morgan fingerprint density at radius 3 is 2.17 bits per heavy atom. The van der Waals surface area contributed by atoms with E-state index in [9.17, 15) is 14.4 Å². The topological polar surface area (TPSA) is 113 Å². The van der Waals surface area contributed by atoms with Gasteiger partial charge in [0.25, 0.3) is 11.8 Å². The van der Waals surface area contributed by atoms with Gasteiger partial charge >= 0.3 is 0 Å². The summed E-state index contributed by atoms with van der Waals surface area (Å²) in [5.41, 5.74) is 4.62. The maximum atomic E-state index is 13.7. The SMILES string of the molecule is Cc1ccc(-c2ccc(/C=C(\NC(=O)c3ccccc3)C(=O)Nc3ccc(S[C@H](C(=O)Nc4nc5ccccc5s4)c4ccccc4)cc3)o2)cc1. The normalized spacial score (nSPS) is 11.9. The van der Waals surface area contributed by atoms with Crippen molar-refractivity contribution in [1.29, 1.82) is 0 Å². The number of amides is 3. The molecule has 0 aliphatic carbocycles. The molecule has 2 heterocycles. The number of rotatable bonds is 11. The van der Waals surface area contributed by atoms with Gasteiger partial charge in [-0.1, -0.05) is 102 Å². The number of hydrogen-bond acceptors (Lipinski definition) is 7. The molecular formula is C42H32N4O4S2. The number of furan rings is 1. The Labute approximate surface area is 308 Å². The van der Waals surface area contributed by atoms with E-state index < -0.39 is 17.1 Å². The number of benzene rings is 5. The molecule has 3 N–H and O–H groups in total. The molecule has 0 aliphatic heterocycles. The minimum absolute atomic E-state index is 0.00720. The van der Waals surface area contributed by atoms with Crippen LogP contribution in [0.15, 0.2) is 161 Å². The van der Waals surface area contributed by atoms with Crippen molar-refractivity contribution in [3.8, 4) is 11.3 Å². The predicted molar refractivity (Wildman–Crippen MR) is 209 cm³/mol. The third kappa shape index (κ3) is 8.38. The molecule has 8 nitrogen and oxygen atoms in total. The minimum atomic E-state index is -0.561. The molecule has 5 aromatic carbocycles. The summed E-state index contributed by atoms with van der Waals surface area (Å²) < 4.78 is 7.04. The fourth-order valence-corrected chi connectivity index (χ4v) is 7.23. The first-order valence-corrected chi connectivity index (χ1v) is 18.1. The number of nitrogens with one attached hydrogen (secondary N) is 3. The maximum Gasteiger partial charge on any atom is 0.272 e. The van der Waals surface area contributed by atoms with Gasteiger partial charge in [-0.25, -0.2) is 4.98 Å². The van der Waals surface area contributed by atoms with Crippen molar-refractivity contribution in [3.05, 3.63) is 174 Å². The summed E-state index contributed by atoms with van der Waals surface area (Å²) in [6.07, 6.45) is 1.51. The van der Waals surface area contributed by atoms with E-state index in [-0.39, 0.29) is 11.6 Å². The first kappa shape index (κ1) is 34.2. The van der Waals surface area contributed by atoms with Gasteiger partial charge in [0.1, 0.15) is 22.5 Å². The lowest BCUT2D eigenvalue weighted by atomic mass is 10.1. The average molecular weight is 721 g/mol. The van der Waals surface area contributed by atoms with Gasteiger partial charge in [-0.15, -0.1) is 11.8 Å². The number of thioether (sulfide) groups is 1. The highest BCUT2D eigenvalue weighted by atomic mass is 32.2. The fraction of sp³-hybridized carbons (Fsp3) is 0.0476. The molecule has 3 amide bonds. The van der Waals surface area contributed by atoms with Gasteiger partial charge in [0.2, 0.25) is 5.91 Å². The summed E-state index contributed by atoms with van der Waals surface area (Å²) in [6.45, 7) is 2.01. The van der Waals surface area contributed by atoms with E-state index in [4.69, 9.17) is 4.42 Å². The molecule has 0 fully saturated rings. The summed E-state index contributed by atoms with van der Waals surface area (Å²) >= 11 is 2.82. The van der Waals surface area contributed by atoms with Crippen molar-refractivity contribution in [2.24, 2.45) is 0 Å². The Hall–Kier alpha value is -6.23. The summed E-state index contributed by atoms with van der Waals surface area (Å²) in [4.78, 5) is 45.8. The summed E-state index contributed by atoms with van der Waals surface area (Å²) in [5, 5.41) is 8.62. The van der Waals surface area contributed by atoms with Crippen molar-refractivity contribution in [2.45, 2.75) is 17.1 Å². The number of carbonyl (C=O) groups is 3. The maximum absolute atomic E-state index is 13.7. The van der Waals surface area contributed by atoms with Gasteiger partial charge in [0.05, 0.1) is 10.2 Å². The molecule has 1 atom stereocenters. The number of thiazole rings is 1. The molecule has 0 spiro atoms. The van der Waals surface area contributed by atoms with Crippen LogP contribution in [-0.2, 0) is 9.59 Å². The predicted octanol–water partition coefficient (Wildman–Crippen LogP) is 9.75. The number of anilines is 2. The Morgan fingerprint density at radius 1 is 0.750 bits per heavy atom. The van der Waals surface area contributed by atoms with Gasteiger partial charge in [-0.2, -0.15) is 0 Å². The highest BCUT2D eigenvalue weighted by molar-refractivity contribution is 8.00. The Bertz CT molecular complexity index is 2340.